The second kappa shape index (κ2) is 8.85. The van der Waals surface area contributed by atoms with E-state index in [0.29, 0.717) is 18.4 Å². The minimum absolute atomic E-state index is 0. The van der Waals surface area contributed by atoms with Crippen LogP contribution >= 0.6 is 12.4 Å². The second-order valence-corrected chi connectivity index (χ2v) is 6.07. The van der Waals surface area contributed by atoms with E-state index in [2.05, 4.69) is 0 Å². The van der Waals surface area contributed by atoms with Gasteiger partial charge in [0.05, 0.1) is 6.10 Å². The Kier molecular flexibility index (Phi) is 7.85. The summed E-state index contributed by atoms with van der Waals surface area (Å²) in [5.74, 6) is 0.928. The molecule has 0 aromatic rings. The fourth-order valence-corrected chi connectivity index (χ4v) is 3.54. The van der Waals surface area contributed by atoms with Crippen LogP contribution in [-0.4, -0.2) is 43.2 Å². The Hall–Kier alpha value is -0.320. The van der Waals surface area contributed by atoms with Crippen molar-refractivity contribution < 1.29 is 9.53 Å². The number of hydrogen-bond donors (Lipinski definition) is 1. The molecule has 1 aliphatic carbocycles. The molecule has 2 unspecified atom stereocenters. The fraction of sp³-hybridized carbons (Fsp3) is 0.933. The van der Waals surface area contributed by atoms with Gasteiger partial charge in [-0.25, -0.2) is 0 Å². The van der Waals surface area contributed by atoms with Crippen LogP contribution in [0.15, 0.2) is 0 Å². The lowest BCUT2D eigenvalue weighted by Gasteiger charge is -2.39. The van der Waals surface area contributed by atoms with Crippen LogP contribution in [0, 0.1) is 5.92 Å². The molecule has 2 rings (SSSR count). The first kappa shape index (κ1) is 17.7. The van der Waals surface area contributed by atoms with E-state index in [0.717, 1.165) is 25.8 Å². The van der Waals surface area contributed by atoms with Crippen LogP contribution in [0.3, 0.4) is 0 Å². The molecule has 0 aromatic carbocycles. The summed E-state index contributed by atoms with van der Waals surface area (Å²) in [7, 11) is 1.75. The molecule has 2 atom stereocenters. The molecule has 0 radical (unpaired) electrons. The summed E-state index contributed by atoms with van der Waals surface area (Å²) >= 11 is 0. The molecule has 5 heteroatoms. The fourth-order valence-electron chi connectivity index (χ4n) is 3.54. The minimum atomic E-state index is 0. The van der Waals surface area contributed by atoms with E-state index in [1.807, 2.05) is 4.90 Å². The van der Waals surface area contributed by atoms with Crippen LogP contribution in [0.4, 0.5) is 0 Å². The van der Waals surface area contributed by atoms with Crippen molar-refractivity contribution in [2.45, 2.75) is 63.5 Å². The van der Waals surface area contributed by atoms with Crippen LogP contribution in [0.25, 0.3) is 0 Å². The van der Waals surface area contributed by atoms with Gasteiger partial charge in [0.25, 0.3) is 0 Å². The predicted molar refractivity (Wildman–Crippen MR) is 83.0 cm³/mol. The smallest absolute Gasteiger partial charge is 0.223 e. The highest BCUT2D eigenvalue weighted by atomic mass is 35.5. The van der Waals surface area contributed by atoms with Crippen LogP contribution in [0.2, 0.25) is 0 Å². The van der Waals surface area contributed by atoms with Gasteiger partial charge in [-0.15, -0.1) is 12.4 Å². The van der Waals surface area contributed by atoms with Gasteiger partial charge in [0.2, 0.25) is 5.91 Å². The van der Waals surface area contributed by atoms with E-state index in [1.54, 1.807) is 7.11 Å². The molecule has 2 fully saturated rings. The summed E-state index contributed by atoms with van der Waals surface area (Å²) in [6.45, 7) is 1.36. The summed E-state index contributed by atoms with van der Waals surface area (Å²) in [5, 5.41) is 0. The van der Waals surface area contributed by atoms with E-state index in [4.69, 9.17) is 10.5 Å². The summed E-state index contributed by atoms with van der Waals surface area (Å²) in [5.41, 5.74) is 5.83. The summed E-state index contributed by atoms with van der Waals surface area (Å²) < 4.78 is 5.41. The number of rotatable bonds is 4. The minimum Gasteiger partial charge on any atom is -0.381 e. The van der Waals surface area contributed by atoms with Crippen molar-refractivity contribution >= 4 is 18.3 Å². The number of likely N-dealkylation sites (tertiary alicyclic amines) is 1. The van der Waals surface area contributed by atoms with Gasteiger partial charge in [-0.1, -0.05) is 19.3 Å². The van der Waals surface area contributed by atoms with Gasteiger partial charge in [-0.2, -0.15) is 0 Å². The topological polar surface area (TPSA) is 55.6 Å². The maximum atomic E-state index is 12.5. The number of ether oxygens (including phenoxy) is 1. The van der Waals surface area contributed by atoms with Crippen molar-refractivity contribution in [3.63, 3.8) is 0 Å². The summed E-state index contributed by atoms with van der Waals surface area (Å²) in [6, 6.07) is 0.176. The molecule has 1 amide bonds. The molecule has 0 spiro atoms. The van der Waals surface area contributed by atoms with Gasteiger partial charge >= 0.3 is 0 Å². The predicted octanol–water partition coefficient (Wildman–Crippen LogP) is 2.34. The lowest BCUT2D eigenvalue weighted by molar-refractivity contribution is -0.138. The molecule has 1 heterocycles. The van der Waals surface area contributed by atoms with Gasteiger partial charge in [0.1, 0.15) is 0 Å². The highest BCUT2D eigenvalue weighted by Gasteiger charge is 2.31. The lowest BCUT2D eigenvalue weighted by Crippen LogP contribution is -2.51. The number of amides is 1. The van der Waals surface area contributed by atoms with Crippen LogP contribution < -0.4 is 5.73 Å². The number of halogens is 1. The molecule has 0 bridgehead atoms. The number of carbonyl (C=O) groups excluding carboxylic acids is 1. The Morgan fingerprint density at radius 2 is 1.95 bits per heavy atom. The van der Waals surface area contributed by atoms with Gasteiger partial charge < -0.3 is 15.4 Å². The molecule has 1 saturated carbocycles. The maximum Gasteiger partial charge on any atom is 0.223 e. The summed E-state index contributed by atoms with van der Waals surface area (Å²) in [4.78, 5) is 14.5. The Morgan fingerprint density at radius 3 is 2.55 bits per heavy atom. The number of methoxy groups -OCH3 is 1. The highest BCUT2D eigenvalue weighted by molar-refractivity contribution is 5.85. The molecule has 2 N–H and O–H groups in total. The van der Waals surface area contributed by atoms with Gasteiger partial charge in [0.15, 0.2) is 0 Å². The van der Waals surface area contributed by atoms with Gasteiger partial charge in [-0.3, -0.25) is 4.79 Å². The van der Waals surface area contributed by atoms with Crippen molar-refractivity contribution in [2.75, 3.05) is 20.2 Å². The molecule has 4 nitrogen and oxygen atoms in total. The first-order chi connectivity index (χ1) is 9.24. The quantitative estimate of drug-likeness (QED) is 0.867. The van der Waals surface area contributed by atoms with E-state index < -0.39 is 0 Å². The van der Waals surface area contributed by atoms with Crippen LogP contribution in [-0.2, 0) is 9.53 Å². The zero-order valence-corrected chi connectivity index (χ0v) is 13.4. The number of nitrogens with zero attached hydrogens (tertiary/aromatic N) is 1. The molecule has 0 aromatic heterocycles. The number of piperidine rings is 1. The van der Waals surface area contributed by atoms with Crippen molar-refractivity contribution in [3.05, 3.63) is 0 Å². The van der Waals surface area contributed by atoms with E-state index >= 15 is 0 Å². The lowest BCUT2D eigenvalue weighted by atomic mass is 9.86. The Bertz CT molecular complexity index is 296. The third kappa shape index (κ3) is 4.61. The number of nitrogens with two attached hydrogens (primary N) is 1. The monoisotopic (exact) mass is 304 g/mol. The average molecular weight is 305 g/mol. The molecular formula is C15H29ClN2O2. The van der Waals surface area contributed by atoms with Gasteiger partial charge in [0, 0.05) is 32.7 Å². The normalized spacial score (nSPS) is 28.0. The second-order valence-electron chi connectivity index (χ2n) is 6.07. The van der Waals surface area contributed by atoms with Crippen molar-refractivity contribution in [1.29, 1.82) is 0 Å². The standard InChI is InChI=1S/C15H28N2O2.ClH/c1-19-14-7-8-17(13(10-14)11-16)15(18)9-12-5-3-2-4-6-12;/h12-14H,2-11,16H2,1H3;1H. The Labute approximate surface area is 128 Å². The Morgan fingerprint density at radius 1 is 1.25 bits per heavy atom. The largest absolute Gasteiger partial charge is 0.381 e. The summed E-state index contributed by atoms with van der Waals surface area (Å²) in [6.07, 6.45) is 9.23. The third-order valence-electron chi connectivity index (χ3n) is 4.78. The number of carbonyl (C=O) groups is 1. The molecule has 1 saturated heterocycles. The SMILES string of the molecule is COC1CCN(C(=O)CC2CCCCC2)C(CN)C1.Cl. The van der Waals surface area contributed by atoms with Crippen LogP contribution in [0.5, 0.6) is 0 Å². The molecule has 20 heavy (non-hydrogen) atoms. The van der Waals surface area contributed by atoms with Crippen LogP contribution in [0.1, 0.15) is 51.4 Å². The zero-order chi connectivity index (χ0) is 13.7. The van der Waals surface area contributed by atoms with E-state index in [-0.39, 0.29) is 24.6 Å². The number of hydrogen-bond acceptors (Lipinski definition) is 3. The van der Waals surface area contributed by atoms with Crippen molar-refractivity contribution in [2.24, 2.45) is 11.7 Å². The molecule has 1 aliphatic heterocycles. The average Bonchev–Trinajstić information content (AvgIpc) is 2.47. The maximum absolute atomic E-state index is 12.5. The van der Waals surface area contributed by atoms with Gasteiger partial charge in [-0.05, 0) is 31.6 Å². The molecule has 2 aliphatic rings. The zero-order valence-electron chi connectivity index (χ0n) is 12.6. The molecular weight excluding hydrogens is 276 g/mol. The third-order valence-corrected chi connectivity index (χ3v) is 4.78. The first-order valence-corrected chi connectivity index (χ1v) is 7.77. The molecule has 118 valence electrons. The highest BCUT2D eigenvalue weighted by Crippen LogP contribution is 2.28. The van der Waals surface area contributed by atoms with E-state index in [1.165, 1.54) is 32.1 Å². The Balaban J connectivity index is 0.00000200. The van der Waals surface area contributed by atoms with Crippen molar-refractivity contribution in [1.82, 2.24) is 4.90 Å². The first-order valence-electron chi connectivity index (χ1n) is 7.77. The van der Waals surface area contributed by atoms with E-state index in [9.17, 15) is 4.79 Å². The van der Waals surface area contributed by atoms with Crippen molar-refractivity contribution in [3.8, 4) is 0 Å².